The van der Waals surface area contributed by atoms with Crippen LogP contribution in [0.5, 0.6) is 0 Å². The van der Waals surface area contributed by atoms with Crippen molar-refractivity contribution in [2.45, 2.75) is 20.0 Å². The molecule has 148 valence electrons. The first-order valence-corrected chi connectivity index (χ1v) is 9.31. The molecule has 0 aromatic heterocycles. The predicted molar refractivity (Wildman–Crippen MR) is 113 cm³/mol. The van der Waals surface area contributed by atoms with E-state index in [1.165, 1.54) is 19.9 Å². The van der Waals surface area contributed by atoms with Crippen molar-refractivity contribution in [3.8, 4) is 0 Å². The molecular formula is C25H24O4. The number of aliphatic hydroxyl groups is 1. The van der Waals surface area contributed by atoms with Gasteiger partial charge in [0.2, 0.25) is 0 Å². The maximum atomic E-state index is 12.5. The highest BCUT2D eigenvalue weighted by Crippen LogP contribution is 2.23. The van der Waals surface area contributed by atoms with Crippen molar-refractivity contribution in [1.29, 1.82) is 0 Å². The number of aliphatic hydroxyl groups excluding tert-OH is 1. The van der Waals surface area contributed by atoms with Gasteiger partial charge < -0.3 is 5.11 Å². The summed E-state index contributed by atoms with van der Waals surface area (Å²) in [5.41, 5.74) is 1.18. The van der Waals surface area contributed by atoms with Crippen molar-refractivity contribution in [3.05, 3.63) is 108 Å². The fourth-order valence-electron chi connectivity index (χ4n) is 2.82. The molecule has 0 spiro atoms. The van der Waals surface area contributed by atoms with E-state index in [9.17, 15) is 19.5 Å². The highest BCUT2D eigenvalue weighted by molar-refractivity contribution is 6.25. The lowest BCUT2D eigenvalue weighted by Crippen LogP contribution is -2.17. The van der Waals surface area contributed by atoms with Crippen molar-refractivity contribution < 1.29 is 19.5 Å². The molecule has 1 N–H and O–H groups in total. The minimum Gasteiger partial charge on any atom is -0.387 e. The first-order chi connectivity index (χ1) is 13.9. The van der Waals surface area contributed by atoms with Gasteiger partial charge in [0, 0.05) is 5.56 Å². The average Bonchev–Trinajstić information content (AvgIpc) is 2.73. The van der Waals surface area contributed by atoms with E-state index in [4.69, 9.17) is 0 Å². The van der Waals surface area contributed by atoms with Crippen LogP contribution in [0.1, 0.15) is 35.9 Å². The van der Waals surface area contributed by atoms with E-state index in [2.05, 4.69) is 0 Å². The van der Waals surface area contributed by atoms with E-state index in [0.29, 0.717) is 11.1 Å². The van der Waals surface area contributed by atoms with Crippen LogP contribution in [0.15, 0.2) is 96.6 Å². The molecule has 0 saturated heterocycles. The van der Waals surface area contributed by atoms with E-state index < -0.39 is 12.0 Å². The van der Waals surface area contributed by atoms with Gasteiger partial charge in [-0.05, 0) is 25.5 Å². The Morgan fingerprint density at radius 1 is 0.828 bits per heavy atom. The van der Waals surface area contributed by atoms with Crippen LogP contribution in [0.3, 0.4) is 0 Å². The summed E-state index contributed by atoms with van der Waals surface area (Å²) in [6.45, 7) is 2.77. The number of Topliss-reactive ketones (excluding diaryl/α,β-unsaturated/α-hetero) is 3. The maximum absolute atomic E-state index is 12.5. The molecule has 2 atom stereocenters. The minimum atomic E-state index is -0.943. The smallest absolute Gasteiger partial charge is 0.196 e. The zero-order chi connectivity index (χ0) is 21.2. The Balaban J connectivity index is 2.14. The summed E-state index contributed by atoms with van der Waals surface area (Å²) in [5.74, 6) is -1.52. The Morgan fingerprint density at radius 2 is 1.41 bits per heavy atom. The molecule has 0 bridgehead atoms. The van der Waals surface area contributed by atoms with Crippen LogP contribution in [0.25, 0.3) is 0 Å². The normalized spacial score (nSPS) is 14.1. The van der Waals surface area contributed by atoms with Crippen LogP contribution in [-0.2, 0) is 9.59 Å². The van der Waals surface area contributed by atoms with Crippen molar-refractivity contribution >= 4 is 17.3 Å². The van der Waals surface area contributed by atoms with Gasteiger partial charge in [0.25, 0.3) is 0 Å². The third-order valence-electron chi connectivity index (χ3n) is 4.41. The van der Waals surface area contributed by atoms with Crippen LogP contribution in [0, 0.1) is 5.92 Å². The number of rotatable bonds is 9. The number of hydrogen-bond donors (Lipinski definition) is 1. The molecule has 29 heavy (non-hydrogen) atoms. The van der Waals surface area contributed by atoms with Gasteiger partial charge in [-0.3, -0.25) is 14.4 Å². The number of carbonyl (C=O) groups excluding carboxylic acids is 3. The van der Waals surface area contributed by atoms with E-state index in [1.54, 1.807) is 78.9 Å². The monoisotopic (exact) mass is 388 g/mol. The fraction of sp³-hybridized carbons (Fsp3) is 0.160. The highest BCUT2D eigenvalue weighted by atomic mass is 16.3. The standard InChI is InChI=1S/C25H24O4/c1-18(26)22(24(28)20-12-6-3-7-13-20)16-10-5-11-17-23(19(2)27)25(29)21-14-8-4-9-15-21/h3-17,22,24,28H,1-2H3. The number of carbonyl (C=O) groups is 3. The summed E-state index contributed by atoms with van der Waals surface area (Å²) in [7, 11) is 0. The molecular weight excluding hydrogens is 364 g/mol. The lowest BCUT2D eigenvalue weighted by atomic mass is 9.92. The summed E-state index contributed by atoms with van der Waals surface area (Å²) < 4.78 is 0. The van der Waals surface area contributed by atoms with Gasteiger partial charge >= 0.3 is 0 Å². The number of allylic oxidation sites excluding steroid dienone is 5. The molecule has 4 nitrogen and oxygen atoms in total. The third kappa shape index (κ3) is 6.33. The van der Waals surface area contributed by atoms with Crippen LogP contribution < -0.4 is 0 Å². The number of hydrogen-bond acceptors (Lipinski definition) is 4. The second kappa shape index (κ2) is 10.8. The summed E-state index contributed by atoms with van der Waals surface area (Å²) >= 11 is 0. The van der Waals surface area contributed by atoms with Gasteiger partial charge in [-0.1, -0.05) is 85.0 Å². The molecule has 2 unspecified atom stereocenters. The van der Waals surface area contributed by atoms with Gasteiger partial charge in [0.15, 0.2) is 11.6 Å². The van der Waals surface area contributed by atoms with Gasteiger partial charge in [-0.2, -0.15) is 0 Å². The average molecular weight is 388 g/mol. The van der Waals surface area contributed by atoms with Gasteiger partial charge in [0.05, 0.1) is 17.6 Å². The Labute approximate surface area is 170 Å². The molecule has 2 rings (SSSR count). The number of benzene rings is 2. The lowest BCUT2D eigenvalue weighted by Gasteiger charge is -2.17. The van der Waals surface area contributed by atoms with E-state index in [-0.39, 0.29) is 22.9 Å². The molecule has 0 aliphatic heterocycles. The Kier molecular flexibility index (Phi) is 8.19. The molecule has 4 heteroatoms. The zero-order valence-electron chi connectivity index (χ0n) is 16.5. The van der Waals surface area contributed by atoms with E-state index >= 15 is 0 Å². The molecule has 2 aromatic carbocycles. The molecule has 0 fully saturated rings. The Hall–Kier alpha value is -3.37. The fourth-order valence-corrected chi connectivity index (χ4v) is 2.82. The molecule has 0 heterocycles. The molecule has 0 saturated carbocycles. The summed E-state index contributed by atoms with van der Waals surface area (Å²) in [6, 6.07) is 17.6. The Morgan fingerprint density at radius 3 is 1.97 bits per heavy atom. The second-order valence-corrected chi connectivity index (χ2v) is 6.59. The van der Waals surface area contributed by atoms with Crippen LogP contribution in [0.2, 0.25) is 0 Å². The zero-order valence-corrected chi connectivity index (χ0v) is 16.5. The maximum Gasteiger partial charge on any atom is 0.196 e. The molecule has 0 aliphatic carbocycles. The minimum absolute atomic E-state index is 0.0771. The largest absolute Gasteiger partial charge is 0.387 e. The van der Waals surface area contributed by atoms with Crippen molar-refractivity contribution in [2.75, 3.05) is 0 Å². The Bertz CT molecular complexity index is 937. The predicted octanol–water partition coefficient (Wildman–Crippen LogP) is 4.44. The first-order valence-electron chi connectivity index (χ1n) is 9.31. The van der Waals surface area contributed by atoms with Crippen molar-refractivity contribution in [3.63, 3.8) is 0 Å². The quantitative estimate of drug-likeness (QED) is 0.227. The topological polar surface area (TPSA) is 71.4 Å². The van der Waals surface area contributed by atoms with Crippen molar-refractivity contribution in [2.24, 2.45) is 5.92 Å². The summed E-state index contributed by atoms with van der Waals surface area (Å²) in [6.07, 6.45) is 6.94. The van der Waals surface area contributed by atoms with Crippen LogP contribution in [0.4, 0.5) is 0 Å². The molecule has 2 aromatic rings. The van der Waals surface area contributed by atoms with Crippen LogP contribution in [-0.4, -0.2) is 22.5 Å². The highest BCUT2D eigenvalue weighted by Gasteiger charge is 2.22. The third-order valence-corrected chi connectivity index (χ3v) is 4.41. The second-order valence-electron chi connectivity index (χ2n) is 6.59. The molecule has 0 aliphatic rings. The van der Waals surface area contributed by atoms with E-state index in [1.807, 2.05) is 6.07 Å². The summed E-state index contributed by atoms with van der Waals surface area (Å²) in [5, 5.41) is 10.5. The summed E-state index contributed by atoms with van der Waals surface area (Å²) in [4.78, 5) is 36.3. The van der Waals surface area contributed by atoms with Gasteiger partial charge in [-0.25, -0.2) is 0 Å². The van der Waals surface area contributed by atoms with Crippen molar-refractivity contribution in [1.82, 2.24) is 0 Å². The number of ketones is 3. The molecule has 0 radical (unpaired) electrons. The first kappa shape index (κ1) is 21.9. The van der Waals surface area contributed by atoms with Gasteiger partial charge in [-0.15, -0.1) is 0 Å². The lowest BCUT2D eigenvalue weighted by molar-refractivity contribution is -0.122. The molecule has 0 amide bonds. The van der Waals surface area contributed by atoms with E-state index in [0.717, 1.165) is 0 Å². The van der Waals surface area contributed by atoms with Gasteiger partial charge in [0.1, 0.15) is 5.78 Å². The van der Waals surface area contributed by atoms with Crippen LogP contribution >= 0.6 is 0 Å². The SMILES string of the molecule is CC(=O)C(=CC=CC=CC(C(C)=O)C(O)c1ccccc1)C(=O)c1ccccc1.